The minimum atomic E-state index is -0.128. The topological polar surface area (TPSA) is 47.3 Å². The summed E-state index contributed by atoms with van der Waals surface area (Å²) in [6.07, 6.45) is 0. The Morgan fingerprint density at radius 2 is 2.11 bits per heavy atom. The molecule has 0 unspecified atom stereocenters. The zero-order valence-corrected chi connectivity index (χ0v) is 13.4. The predicted molar refractivity (Wildman–Crippen MR) is 85.9 cm³/mol. The molecule has 0 bridgehead atoms. The molecule has 0 N–H and O–H groups in total. The fourth-order valence-corrected chi connectivity index (χ4v) is 4.10. The van der Waals surface area contributed by atoms with Gasteiger partial charge in [0.15, 0.2) is 4.34 Å². The van der Waals surface area contributed by atoms with Crippen molar-refractivity contribution in [2.75, 3.05) is 0 Å². The van der Waals surface area contributed by atoms with Crippen LogP contribution in [0.15, 0.2) is 45.5 Å². The van der Waals surface area contributed by atoms with Gasteiger partial charge < -0.3 is 0 Å². The highest BCUT2D eigenvalue weighted by Gasteiger charge is 2.08. The maximum Gasteiger partial charge on any atom is 0.276 e. The van der Waals surface area contributed by atoms with Gasteiger partial charge in [0.1, 0.15) is 3.70 Å². The van der Waals surface area contributed by atoms with Crippen molar-refractivity contribution >= 4 is 50.7 Å². The molecule has 0 aliphatic heterocycles. The van der Waals surface area contributed by atoms with Gasteiger partial charge >= 0.3 is 0 Å². The molecule has 2 aromatic heterocycles. The molecule has 0 fully saturated rings. The summed E-state index contributed by atoms with van der Waals surface area (Å²) in [4.78, 5) is 16.7. The molecule has 0 spiro atoms. The molecule has 0 radical (unpaired) electrons. The van der Waals surface area contributed by atoms with Gasteiger partial charge in [-0.15, -0.1) is 5.10 Å². The molecule has 4 nitrogen and oxygen atoms in total. The van der Waals surface area contributed by atoms with E-state index in [0.29, 0.717) is 8.66 Å². The van der Waals surface area contributed by atoms with Gasteiger partial charge in [-0.2, -0.15) is 4.52 Å². The van der Waals surface area contributed by atoms with Gasteiger partial charge in [0.2, 0.25) is 4.96 Å². The van der Waals surface area contributed by atoms with Crippen molar-refractivity contribution in [3.63, 3.8) is 0 Å². The van der Waals surface area contributed by atoms with Crippen LogP contribution in [0.3, 0.4) is 0 Å². The van der Waals surface area contributed by atoms with Gasteiger partial charge in [-0.3, -0.25) is 4.79 Å². The Labute approximate surface area is 131 Å². The number of hydrogen-bond donors (Lipinski definition) is 0. The molecular weight excluding hydrogens is 393 g/mol. The summed E-state index contributed by atoms with van der Waals surface area (Å²) in [6, 6.07) is 11.7. The van der Waals surface area contributed by atoms with Crippen LogP contribution in [0.5, 0.6) is 0 Å². The van der Waals surface area contributed by atoms with Crippen molar-refractivity contribution in [3.8, 4) is 0 Å². The van der Waals surface area contributed by atoms with Crippen LogP contribution >= 0.6 is 45.7 Å². The van der Waals surface area contributed by atoms with Crippen LogP contribution in [0.25, 0.3) is 4.96 Å². The van der Waals surface area contributed by atoms with Crippen molar-refractivity contribution in [1.82, 2.24) is 14.6 Å². The van der Waals surface area contributed by atoms with E-state index in [9.17, 15) is 4.79 Å². The van der Waals surface area contributed by atoms with Crippen molar-refractivity contribution in [3.05, 3.63) is 56.0 Å². The maximum atomic E-state index is 11.7. The van der Waals surface area contributed by atoms with E-state index in [1.54, 1.807) is 11.8 Å². The molecule has 3 rings (SSSR count). The van der Waals surface area contributed by atoms with E-state index < -0.39 is 0 Å². The molecule has 0 saturated carbocycles. The summed E-state index contributed by atoms with van der Waals surface area (Å²) in [7, 11) is 0. The minimum Gasteiger partial charge on any atom is -0.267 e. The number of benzene rings is 1. The summed E-state index contributed by atoms with van der Waals surface area (Å²) in [5.74, 6) is 0.840. The third kappa shape index (κ3) is 2.98. The van der Waals surface area contributed by atoms with Crippen molar-refractivity contribution < 1.29 is 0 Å². The zero-order chi connectivity index (χ0) is 13.2. The largest absolute Gasteiger partial charge is 0.276 e. The Kier molecular flexibility index (Phi) is 3.85. The average molecular weight is 401 g/mol. The molecule has 2 heterocycles. The number of nitrogens with zero attached hydrogens (tertiary/aromatic N) is 3. The van der Waals surface area contributed by atoms with E-state index in [2.05, 4.69) is 22.2 Å². The van der Waals surface area contributed by atoms with Crippen LogP contribution in [0.1, 0.15) is 5.56 Å². The summed E-state index contributed by atoms with van der Waals surface area (Å²) in [5, 5.41) is 4.29. The monoisotopic (exact) mass is 401 g/mol. The summed E-state index contributed by atoms with van der Waals surface area (Å²) >= 11 is 5.10. The highest BCUT2D eigenvalue weighted by Crippen LogP contribution is 2.26. The van der Waals surface area contributed by atoms with Gasteiger partial charge in [-0.05, 0) is 28.2 Å². The lowest BCUT2D eigenvalue weighted by Gasteiger charge is -1.96. The van der Waals surface area contributed by atoms with Gasteiger partial charge in [0.05, 0.1) is 0 Å². The van der Waals surface area contributed by atoms with Crippen molar-refractivity contribution in [2.24, 2.45) is 0 Å². The molecule has 1 aromatic carbocycles. The lowest BCUT2D eigenvalue weighted by atomic mass is 10.2. The molecule has 96 valence electrons. The zero-order valence-electron chi connectivity index (χ0n) is 9.62. The number of rotatable bonds is 3. The van der Waals surface area contributed by atoms with E-state index in [0.717, 1.165) is 10.1 Å². The summed E-state index contributed by atoms with van der Waals surface area (Å²) in [5.41, 5.74) is 1.11. The number of thioether (sulfide) groups is 1. The Morgan fingerprint density at radius 3 is 2.89 bits per heavy atom. The van der Waals surface area contributed by atoms with E-state index in [-0.39, 0.29) is 5.56 Å². The van der Waals surface area contributed by atoms with Crippen LogP contribution in [0, 0.1) is 3.70 Å². The third-order valence-corrected chi connectivity index (χ3v) is 5.07. The highest BCUT2D eigenvalue weighted by molar-refractivity contribution is 14.1. The molecule has 0 saturated heterocycles. The molecule has 0 aliphatic carbocycles. The van der Waals surface area contributed by atoms with Gasteiger partial charge in [0.25, 0.3) is 5.56 Å². The fourth-order valence-electron chi connectivity index (χ4n) is 1.54. The average Bonchev–Trinajstić information content (AvgIpc) is 2.81. The lowest BCUT2D eigenvalue weighted by Crippen LogP contribution is -2.14. The first-order valence-electron chi connectivity index (χ1n) is 5.45. The molecule has 19 heavy (non-hydrogen) atoms. The standard InChI is InChI=1S/C12H8IN3OS2/c13-9-6-10(17)16-11(14-9)19-12(15-16)18-7-8-4-2-1-3-5-8/h1-6H,7H2. The first kappa shape index (κ1) is 13.1. The van der Waals surface area contributed by atoms with Gasteiger partial charge in [0, 0.05) is 11.8 Å². The molecule has 3 aromatic rings. The summed E-state index contributed by atoms with van der Waals surface area (Å²) in [6.45, 7) is 0. The first-order chi connectivity index (χ1) is 9.22. The smallest absolute Gasteiger partial charge is 0.267 e. The van der Waals surface area contributed by atoms with Crippen LogP contribution in [0.2, 0.25) is 0 Å². The van der Waals surface area contributed by atoms with Crippen LogP contribution in [0.4, 0.5) is 0 Å². The Balaban J connectivity index is 1.86. The van der Waals surface area contributed by atoms with Crippen molar-refractivity contribution in [1.29, 1.82) is 0 Å². The number of fused-ring (bicyclic) bond motifs is 1. The van der Waals surface area contributed by atoms with Gasteiger partial charge in [-0.25, -0.2) is 4.98 Å². The quantitative estimate of drug-likeness (QED) is 0.385. The fraction of sp³-hybridized carbons (Fsp3) is 0.0833. The normalized spacial score (nSPS) is 11.0. The minimum absolute atomic E-state index is 0.128. The second-order valence-corrected chi connectivity index (χ2v) is 7.04. The van der Waals surface area contributed by atoms with E-state index in [1.807, 2.05) is 40.8 Å². The van der Waals surface area contributed by atoms with Crippen LogP contribution < -0.4 is 5.56 Å². The third-order valence-electron chi connectivity index (χ3n) is 2.40. The van der Waals surface area contributed by atoms with E-state index >= 15 is 0 Å². The number of aromatic nitrogens is 3. The highest BCUT2D eigenvalue weighted by atomic mass is 127. The molecule has 0 amide bonds. The molecule has 0 aliphatic rings. The number of halogens is 1. The predicted octanol–water partition coefficient (Wildman–Crippen LogP) is 3.05. The maximum absolute atomic E-state index is 11.7. The Morgan fingerprint density at radius 1 is 1.32 bits per heavy atom. The van der Waals surface area contributed by atoms with Crippen LogP contribution in [-0.4, -0.2) is 14.6 Å². The second-order valence-electron chi connectivity index (χ2n) is 3.75. The Hall–Kier alpha value is -0.930. The number of hydrogen-bond acceptors (Lipinski definition) is 5. The molecule has 0 atom stereocenters. The second kappa shape index (κ2) is 5.59. The molecular formula is C12H8IN3OS2. The lowest BCUT2D eigenvalue weighted by molar-refractivity contribution is 0.853. The van der Waals surface area contributed by atoms with Crippen molar-refractivity contribution in [2.45, 2.75) is 10.1 Å². The first-order valence-corrected chi connectivity index (χ1v) is 8.33. The van der Waals surface area contributed by atoms with E-state index in [1.165, 1.54) is 27.5 Å². The van der Waals surface area contributed by atoms with E-state index in [4.69, 9.17) is 0 Å². The van der Waals surface area contributed by atoms with Crippen LogP contribution in [-0.2, 0) is 5.75 Å². The Bertz CT molecular complexity index is 769. The molecule has 7 heteroatoms. The van der Waals surface area contributed by atoms with Gasteiger partial charge in [-0.1, -0.05) is 53.4 Å². The summed E-state index contributed by atoms with van der Waals surface area (Å²) < 4.78 is 2.92. The SMILES string of the molecule is O=c1cc(I)nc2sc(SCc3ccccc3)nn12.